The third kappa shape index (κ3) is 32.0. The first kappa shape index (κ1) is 56.6. The van der Waals surface area contributed by atoms with Crippen LogP contribution in [0.2, 0.25) is 0 Å². The molecule has 0 bridgehead atoms. The van der Waals surface area contributed by atoms with Crippen LogP contribution in [0.4, 0.5) is 4.79 Å². The fourth-order valence-electron chi connectivity index (χ4n) is 6.81. The molecule has 2 aromatic rings. The molecular formula is C51H82N2O10. The highest BCUT2D eigenvalue weighted by Crippen LogP contribution is 2.17. The van der Waals surface area contributed by atoms with E-state index in [1.807, 2.05) is 46.8 Å². The standard InChI is InChI=1S/C28H45NO6.C23H37NO4/c1-6-34-26(31)19-12-11-15-23-16-14-17-24(21-23)22-29(27(32)35-28(2,3)4)20-13-9-7-8-10-18-25(30)33-5;1-3-28-23(26)16-9-8-12-20-13-11-14-21(18-20)19-24-17-10-6-4-5-7-15-22(25)27-2/h14,16-17,21H,6-13,15,18-20,22H2,1-5H3;11,13-14,18,24H,3-10,12,15-17,19H2,1-2H3. The van der Waals surface area contributed by atoms with Crippen molar-refractivity contribution in [2.75, 3.05) is 40.5 Å². The maximum atomic E-state index is 12.9. The van der Waals surface area contributed by atoms with E-state index in [1.54, 1.807) is 4.90 Å². The fraction of sp³-hybridized carbons (Fsp3) is 0.667. The molecule has 0 radical (unpaired) electrons. The molecule has 0 saturated heterocycles. The number of nitrogens with zero attached hydrogens (tertiary/aromatic N) is 1. The zero-order valence-corrected chi connectivity index (χ0v) is 40.0. The van der Waals surface area contributed by atoms with Crippen LogP contribution >= 0.6 is 0 Å². The molecule has 0 atom stereocenters. The maximum Gasteiger partial charge on any atom is 0.410 e. The number of benzene rings is 2. The minimum atomic E-state index is -0.552. The van der Waals surface area contributed by atoms with E-state index in [9.17, 15) is 24.0 Å². The molecule has 0 saturated carbocycles. The summed E-state index contributed by atoms with van der Waals surface area (Å²) >= 11 is 0. The van der Waals surface area contributed by atoms with Gasteiger partial charge < -0.3 is 33.9 Å². The summed E-state index contributed by atoms with van der Waals surface area (Å²) in [6.45, 7) is 13.2. The fourth-order valence-corrected chi connectivity index (χ4v) is 6.81. The number of amides is 1. The monoisotopic (exact) mass is 883 g/mol. The van der Waals surface area contributed by atoms with Crippen molar-refractivity contribution < 1.29 is 47.7 Å². The molecule has 12 nitrogen and oxygen atoms in total. The predicted molar refractivity (Wildman–Crippen MR) is 249 cm³/mol. The van der Waals surface area contributed by atoms with Gasteiger partial charge in [0.2, 0.25) is 0 Å². The Bertz CT molecular complexity index is 1560. The molecule has 356 valence electrons. The Hall–Kier alpha value is -4.45. The van der Waals surface area contributed by atoms with Gasteiger partial charge in [0.1, 0.15) is 5.60 Å². The van der Waals surface area contributed by atoms with E-state index < -0.39 is 5.60 Å². The lowest BCUT2D eigenvalue weighted by molar-refractivity contribution is -0.144. The molecule has 12 heteroatoms. The van der Waals surface area contributed by atoms with Crippen LogP contribution in [0.3, 0.4) is 0 Å². The van der Waals surface area contributed by atoms with Crippen molar-refractivity contribution in [3.8, 4) is 0 Å². The Kier molecular flexibility index (Phi) is 32.3. The number of hydrogen-bond acceptors (Lipinski definition) is 11. The topological polar surface area (TPSA) is 147 Å². The van der Waals surface area contributed by atoms with Gasteiger partial charge in [-0.05, 0) is 128 Å². The van der Waals surface area contributed by atoms with Crippen molar-refractivity contribution in [1.82, 2.24) is 10.2 Å². The number of aryl methyl sites for hydroxylation is 2. The largest absolute Gasteiger partial charge is 0.469 e. The first-order chi connectivity index (χ1) is 30.3. The number of hydrogen-bond donors (Lipinski definition) is 1. The average molecular weight is 883 g/mol. The van der Waals surface area contributed by atoms with E-state index in [1.165, 1.54) is 43.8 Å². The summed E-state index contributed by atoms with van der Waals surface area (Å²) < 4.78 is 24.9. The number of esters is 4. The third-order valence-electron chi connectivity index (χ3n) is 10.1. The van der Waals surface area contributed by atoms with Gasteiger partial charge in [0, 0.05) is 45.3 Å². The number of carbonyl (C=O) groups is 5. The second-order valence-corrected chi connectivity index (χ2v) is 16.9. The van der Waals surface area contributed by atoms with Crippen LogP contribution in [0.25, 0.3) is 0 Å². The Labute approximate surface area is 379 Å². The SMILES string of the molecule is CCOC(=O)CCCCc1cccc(CN(CCCCCCCC(=O)OC)C(=O)OC(C)(C)C)c1.CCOC(=O)CCCCc1cccc(CNCCCCCCCC(=O)OC)c1. The molecule has 0 fully saturated rings. The van der Waals surface area contributed by atoms with Crippen LogP contribution in [-0.4, -0.2) is 81.0 Å². The summed E-state index contributed by atoms with van der Waals surface area (Å²) in [5.41, 5.74) is 4.34. The normalized spacial score (nSPS) is 10.9. The van der Waals surface area contributed by atoms with E-state index in [4.69, 9.17) is 14.2 Å². The smallest absolute Gasteiger partial charge is 0.410 e. The minimum Gasteiger partial charge on any atom is -0.469 e. The van der Waals surface area contributed by atoms with Crippen LogP contribution in [0.15, 0.2) is 48.5 Å². The van der Waals surface area contributed by atoms with E-state index in [0.29, 0.717) is 52.0 Å². The quantitative estimate of drug-likeness (QED) is 0.0425. The minimum absolute atomic E-state index is 0.0936. The molecule has 1 amide bonds. The maximum absolute atomic E-state index is 12.9. The molecule has 0 aliphatic heterocycles. The summed E-state index contributed by atoms with van der Waals surface area (Å²) in [5, 5.41) is 3.51. The highest BCUT2D eigenvalue weighted by molar-refractivity contribution is 5.70. The van der Waals surface area contributed by atoms with Crippen molar-refractivity contribution in [2.45, 2.75) is 182 Å². The average Bonchev–Trinajstić information content (AvgIpc) is 3.25. The first-order valence-corrected chi connectivity index (χ1v) is 23.6. The Morgan fingerprint density at radius 1 is 0.540 bits per heavy atom. The number of nitrogens with one attached hydrogen (secondary N) is 1. The Morgan fingerprint density at radius 2 is 0.968 bits per heavy atom. The summed E-state index contributed by atoms with van der Waals surface area (Å²) in [6, 6.07) is 16.9. The van der Waals surface area contributed by atoms with Gasteiger partial charge in [-0.25, -0.2) is 4.79 Å². The number of carbonyl (C=O) groups excluding carboxylic acids is 5. The van der Waals surface area contributed by atoms with Gasteiger partial charge in [-0.1, -0.05) is 87.1 Å². The van der Waals surface area contributed by atoms with Gasteiger partial charge in [-0.3, -0.25) is 19.2 Å². The molecule has 0 aliphatic rings. The summed E-state index contributed by atoms with van der Waals surface area (Å²) in [4.78, 5) is 59.7. The highest BCUT2D eigenvalue weighted by Gasteiger charge is 2.22. The lowest BCUT2D eigenvalue weighted by Gasteiger charge is -2.27. The van der Waals surface area contributed by atoms with Gasteiger partial charge >= 0.3 is 30.0 Å². The molecule has 1 N–H and O–H groups in total. The second kappa shape index (κ2) is 35.9. The second-order valence-electron chi connectivity index (χ2n) is 16.9. The first-order valence-electron chi connectivity index (χ1n) is 23.6. The lowest BCUT2D eigenvalue weighted by Crippen LogP contribution is -2.37. The van der Waals surface area contributed by atoms with Gasteiger partial charge in [-0.15, -0.1) is 0 Å². The molecule has 63 heavy (non-hydrogen) atoms. The summed E-state index contributed by atoms with van der Waals surface area (Å²) in [5.74, 6) is -0.508. The highest BCUT2D eigenvalue weighted by atomic mass is 16.6. The summed E-state index contributed by atoms with van der Waals surface area (Å²) in [7, 11) is 2.85. The molecule has 0 aromatic heterocycles. The van der Waals surface area contributed by atoms with E-state index in [0.717, 1.165) is 109 Å². The molecule has 0 aliphatic carbocycles. The molecule has 0 spiro atoms. The van der Waals surface area contributed by atoms with Crippen LogP contribution in [0.5, 0.6) is 0 Å². The van der Waals surface area contributed by atoms with Gasteiger partial charge in [-0.2, -0.15) is 0 Å². The van der Waals surface area contributed by atoms with E-state index >= 15 is 0 Å². The number of rotatable bonds is 32. The van der Waals surface area contributed by atoms with Crippen LogP contribution in [0.1, 0.15) is 172 Å². The molecule has 2 aromatic carbocycles. The zero-order chi connectivity index (χ0) is 46.6. The van der Waals surface area contributed by atoms with E-state index in [2.05, 4.69) is 51.2 Å². The lowest BCUT2D eigenvalue weighted by atomic mass is 10.0. The number of ether oxygens (including phenoxy) is 5. The Morgan fingerprint density at radius 3 is 1.48 bits per heavy atom. The van der Waals surface area contributed by atoms with Crippen molar-refractivity contribution >= 4 is 30.0 Å². The van der Waals surface area contributed by atoms with Crippen LogP contribution < -0.4 is 5.32 Å². The molecule has 0 heterocycles. The predicted octanol–water partition coefficient (Wildman–Crippen LogP) is 10.8. The van der Waals surface area contributed by atoms with Crippen LogP contribution in [-0.2, 0) is 68.8 Å². The van der Waals surface area contributed by atoms with Crippen molar-refractivity contribution in [3.63, 3.8) is 0 Å². The van der Waals surface area contributed by atoms with Crippen molar-refractivity contribution in [3.05, 3.63) is 70.8 Å². The van der Waals surface area contributed by atoms with Gasteiger partial charge in [0.05, 0.1) is 27.4 Å². The summed E-state index contributed by atoms with van der Waals surface area (Å²) in [6.07, 6.45) is 17.3. The third-order valence-corrected chi connectivity index (χ3v) is 10.1. The van der Waals surface area contributed by atoms with E-state index in [-0.39, 0.29) is 30.0 Å². The van der Waals surface area contributed by atoms with Crippen molar-refractivity contribution in [2.24, 2.45) is 0 Å². The molecule has 2 rings (SSSR count). The molecular weight excluding hydrogens is 801 g/mol. The van der Waals surface area contributed by atoms with Gasteiger partial charge in [0.15, 0.2) is 0 Å². The van der Waals surface area contributed by atoms with Crippen molar-refractivity contribution in [1.29, 1.82) is 0 Å². The van der Waals surface area contributed by atoms with Gasteiger partial charge in [0.25, 0.3) is 0 Å². The van der Waals surface area contributed by atoms with Crippen LogP contribution in [0, 0.1) is 0 Å². The Balaban J connectivity index is 0.000000646. The molecule has 0 unspecified atom stereocenters. The zero-order valence-electron chi connectivity index (χ0n) is 40.0. The number of unbranched alkanes of at least 4 members (excludes halogenated alkanes) is 10. The number of methoxy groups -OCH3 is 2.